The second-order valence-electron chi connectivity index (χ2n) is 2.52. The third-order valence-electron chi connectivity index (χ3n) is 1.56. The van der Waals surface area contributed by atoms with Crippen LogP contribution in [0.15, 0.2) is 12.3 Å². The zero-order valence-corrected chi connectivity index (χ0v) is 8.16. The van der Waals surface area contributed by atoms with Gasteiger partial charge in [0.2, 0.25) is 0 Å². The maximum absolute atomic E-state index is 12.2. The standard InChI is InChI=1S/C7H5Cl2F3N2/c8-4-3(1-2-14-6(4)9)5(13)7(10,11)12/h1-2,5H,13H2/t5-/m0/s1. The van der Waals surface area contributed by atoms with Gasteiger partial charge in [0, 0.05) is 11.8 Å². The molecule has 0 aromatic carbocycles. The highest BCUT2D eigenvalue weighted by molar-refractivity contribution is 6.41. The Morgan fingerprint density at radius 3 is 2.43 bits per heavy atom. The molecule has 0 spiro atoms. The molecule has 1 heterocycles. The zero-order valence-electron chi connectivity index (χ0n) is 6.65. The number of alkyl halides is 3. The number of aromatic nitrogens is 1. The maximum atomic E-state index is 12.2. The molecule has 0 fully saturated rings. The molecule has 0 bridgehead atoms. The first-order valence-electron chi connectivity index (χ1n) is 3.46. The fourth-order valence-corrected chi connectivity index (χ4v) is 1.24. The van der Waals surface area contributed by atoms with Crippen molar-refractivity contribution in [3.63, 3.8) is 0 Å². The molecule has 2 N–H and O–H groups in total. The lowest BCUT2D eigenvalue weighted by molar-refractivity contribution is -0.149. The van der Waals surface area contributed by atoms with Gasteiger partial charge in [0.1, 0.15) is 11.2 Å². The fraction of sp³-hybridized carbons (Fsp3) is 0.286. The molecule has 1 aromatic rings. The van der Waals surface area contributed by atoms with Crippen molar-refractivity contribution in [3.8, 4) is 0 Å². The van der Waals surface area contributed by atoms with Crippen molar-refractivity contribution in [2.24, 2.45) is 5.73 Å². The SMILES string of the molecule is N[C@@H](c1ccnc(Cl)c1Cl)C(F)(F)F. The number of hydrogen-bond donors (Lipinski definition) is 1. The maximum Gasteiger partial charge on any atom is 0.407 e. The third-order valence-corrected chi connectivity index (χ3v) is 2.34. The van der Waals surface area contributed by atoms with Gasteiger partial charge in [-0.3, -0.25) is 0 Å². The van der Waals surface area contributed by atoms with Crippen LogP contribution in [0.5, 0.6) is 0 Å². The molecular formula is C7H5Cl2F3N2. The van der Waals surface area contributed by atoms with E-state index in [0.717, 1.165) is 12.3 Å². The van der Waals surface area contributed by atoms with Crippen LogP contribution in [0.2, 0.25) is 10.2 Å². The van der Waals surface area contributed by atoms with Crippen LogP contribution in [0.3, 0.4) is 0 Å². The third kappa shape index (κ3) is 2.29. The van der Waals surface area contributed by atoms with Crippen molar-refractivity contribution in [2.75, 3.05) is 0 Å². The number of nitrogens with two attached hydrogens (primary N) is 1. The second-order valence-corrected chi connectivity index (χ2v) is 3.26. The Balaban J connectivity index is 3.14. The van der Waals surface area contributed by atoms with Crippen molar-refractivity contribution in [2.45, 2.75) is 12.2 Å². The van der Waals surface area contributed by atoms with Crippen molar-refractivity contribution in [1.29, 1.82) is 0 Å². The molecule has 2 nitrogen and oxygen atoms in total. The molecule has 1 rings (SSSR count). The molecule has 0 amide bonds. The summed E-state index contributed by atoms with van der Waals surface area (Å²) in [5.41, 5.74) is 4.67. The first kappa shape index (κ1) is 11.6. The van der Waals surface area contributed by atoms with E-state index in [4.69, 9.17) is 28.9 Å². The van der Waals surface area contributed by atoms with E-state index in [1.54, 1.807) is 0 Å². The van der Waals surface area contributed by atoms with Gasteiger partial charge in [-0.05, 0) is 6.07 Å². The van der Waals surface area contributed by atoms with Gasteiger partial charge in [0.15, 0.2) is 0 Å². The van der Waals surface area contributed by atoms with E-state index >= 15 is 0 Å². The molecule has 0 aliphatic rings. The normalized spacial score (nSPS) is 14.1. The van der Waals surface area contributed by atoms with Gasteiger partial charge in [0.05, 0.1) is 5.02 Å². The van der Waals surface area contributed by atoms with Crippen LogP contribution >= 0.6 is 23.2 Å². The summed E-state index contributed by atoms with van der Waals surface area (Å²) in [5.74, 6) is 0. The average Bonchev–Trinajstić information content (AvgIpc) is 2.07. The van der Waals surface area contributed by atoms with E-state index in [9.17, 15) is 13.2 Å². The molecule has 7 heteroatoms. The molecule has 1 atom stereocenters. The molecule has 0 saturated heterocycles. The molecule has 0 aliphatic carbocycles. The number of rotatable bonds is 1. The van der Waals surface area contributed by atoms with Crippen LogP contribution in [-0.4, -0.2) is 11.2 Å². The summed E-state index contributed by atoms with van der Waals surface area (Å²) in [5, 5.41) is -0.456. The van der Waals surface area contributed by atoms with Crippen molar-refractivity contribution in [1.82, 2.24) is 4.98 Å². The van der Waals surface area contributed by atoms with E-state index < -0.39 is 12.2 Å². The molecular weight excluding hydrogens is 240 g/mol. The van der Waals surface area contributed by atoms with Gasteiger partial charge in [-0.2, -0.15) is 13.2 Å². The smallest absolute Gasteiger partial charge is 0.316 e. The minimum atomic E-state index is -4.55. The first-order chi connectivity index (χ1) is 6.34. The molecule has 0 radical (unpaired) electrons. The van der Waals surface area contributed by atoms with Crippen molar-refractivity contribution >= 4 is 23.2 Å². The first-order valence-corrected chi connectivity index (χ1v) is 4.22. The topological polar surface area (TPSA) is 38.9 Å². The lowest BCUT2D eigenvalue weighted by atomic mass is 10.1. The molecule has 0 aliphatic heterocycles. The van der Waals surface area contributed by atoms with Gasteiger partial charge >= 0.3 is 6.18 Å². The lowest BCUT2D eigenvalue weighted by Crippen LogP contribution is -2.28. The van der Waals surface area contributed by atoms with Crippen molar-refractivity contribution < 1.29 is 13.2 Å². The lowest BCUT2D eigenvalue weighted by Gasteiger charge is -2.16. The number of nitrogens with zero attached hydrogens (tertiary/aromatic N) is 1. The van der Waals surface area contributed by atoms with Crippen LogP contribution in [0.4, 0.5) is 13.2 Å². The highest BCUT2D eigenvalue weighted by Gasteiger charge is 2.39. The Morgan fingerprint density at radius 2 is 1.93 bits per heavy atom. The Kier molecular flexibility index (Phi) is 3.24. The van der Waals surface area contributed by atoms with Crippen molar-refractivity contribution in [3.05, 3.63) is 28.0 Å². The summed E-state index contributed by atoms with van der Waals surface area (Å²) < 4.78 is 36.6. The van der Waals surface area contributed by atoms with E-state index in [0.29, 0.717) is 0 Å². The predicted molar refractivity (Wildman–Crippen MR) is 47.2 cm³/mol. The Labute approximate surface area is 87.8 Å². The molecule has 78 valence electrons. The number of pyridine rings is 1. The summed E-state index contributed by atoms with van der Waals surface area (Å²) in [6, 6.07) is -1.05. The van der Waals surface area contributed by atoms with E-state index in [1.807, 2.05) is 0 Å². The Morgan fingerprint density at radius 1 is 1.36 bits per heavy atom. The van der Waals surface area contributed by atoms with Crippen LogP contribution in [0.1, 0.15) is 11.6 Å². The minimum Gasteiger partial charge on any atom is -0.316 e. The fourth-order valence-electron chi connectivity index (χ4n) is 0.848. The largest absolute Gasteiger partial charge is 0.407 e. The molecule has 0 unspecified atom stereocenters. The van der Waals surface area contributed by atoms with Crippen LogP contribution < -0.4 is 5.73 Å². The monoisotopic (exact) mass is 244 g/mol. The minimum absolute atomic E-state index is 0.191. The highest BCUT2D eigenvalue weighted by Crippen LogP contribution is 2.35. The highest BCUT2D eigenvalue weighted by atomic mass is 35.5. The van der Waals surface area contributed by atoms with E-state index in [1.165, 1.54) is 0 Å². The molecule has 1 aromatic heterocycles. The summed E-state index contributed by atoms with van der Waals surface area (Å²) in [4.78, 5) is 3.51. The number of hydrogen-bond acceptors (Lipinski definition) is 2. The Hall–Kier alpha value is -0.520. The summed E-state index contributed by atoms with van der Waals surface area (Å²) >= 11 is 11.0. The molecule has 14 heavy (non-hydrogen) atoms. The Bertz CT molecular complexity index is 340. The van der Waals surface area contributed by atoms with Crippen LogP contribution in [0.25, 0.3) is 0 Å². The zero-order chi connectivity index (χ0) is 10.9. The summed E-state index contributed by atoms with van der Waals surface area (Å²) in [6.45, 7) is 0. The van der Waals surface area contributed by atoms with E-state index in [-0.39, 0.29) is 15.7 Å². The predicted octanol–water partition coefficient (Wildman–Crippen LogP) is 2.95. The van der Waals surface area contributed by atoms with Crippen LogP contribution in [0, 0.1) is 0 Å². The van der Waals surface area contributed by atoms with E-state index in [2.05, 4.69) is 4.98 Å². The summed E-state index contributed by atoms with van der Waals surface area (Å²) in [6.07, 6.45) is -3.43. The van der Waals surface area contributed by atoms with Gasteiger partial charge in [0.25, 0.3) is 0 Å². The van der Waals surface area contributed by atoms with Gasteiger partial charge in [-0.25, -0.2) is 4.98 Å². The van der Waals surface area contributed by atoms with Gasteiger partial charge < -0.3 is 5.73 Å². The molecule has 0 saturated carbocycles. The quantitative estimate of drug-likeness (QED) is 0.772. The second kappa shape index (κ2) is 3.92. The van der Waals surface area contributed by atoms with Gasteiger partial charge in [-0.15, -0.1) is 0 Å². The van der Waals surface area contributed by atoms with Gasteiger partial charge in [-0.1, -0.05) is 23.2 Å². The summed E-state index contributed by atoms with van der Waals surface area (Å²) in [7, 11) is 0. The number of halogens is 5. The van der Waals surface area contributed by atoms with Crippen LogP contribution in [-0.2, 0) is 0 Å². The average molecular weight is 245 g/mol.